The zero-order valence-corrected chi connectivity index (χ0v) is 16.1. The average Bonchev–Trinajstić information content (AvgIpc) is 3.11. The van der Waals surface area contributed by atoms with Crippen LogP contribution in [-0.4, -0.2) is 53.7 Å². The lowest BCUT2D eigenvalue weighted by Crippen LogP contribution is -2.48. The van der Waals surface area contributed by atoms with E-state index in [0.29, 0.717) is 11.0 Å². The zero-order valence-electron chi connectivity index (χ0n) is 15.3. The predicted octanol–water partition coefficient (Wildman–Crippen LogP) is 2.97. The van der Waals surface area contributed by atoms with E-state index in [-0.39, 0.29) is 5.41 Å². The molecule has 0 spiro atoms. The number of morpholine rings is 1. The van der Waals surface area contributed by atoms with Gasteiger partial charge in [-0.05, 0) is 56.3 Å². The number of thioether (sulfide) groups is 1. The van der Waals surface area contributed by atoms with Gasteiger partial charge >= 0.3 is 0 Å². The highest BCUT2D eigenvalue weighted by Crippen LogP contribution is 2.60. The Morgan fingerprint density at radius 3 is 2.38 bits per heavy atom. The summed E-state index contributed by atoms with van der Waals surface area (Å²) in [6.07, 6.45) is 8.12. The quantitative estimate of drug-likeness (QED) is 0.597. The molecule has 0 aromatic carbocycles. The number of hydrogen-bond donors (Lipinski definition) is 0. The summed E-state index contributed by atoms with van der Waals surface area (Å²) in [5.74, 6) is 10.8. The van der Waals surface area contributed by atoms with E-state index in [1.165, 1.54) is 38.5 Å². The topological polar surface area (TPSA) is 51.4 Å². The highest BCUT2D eigenvalue weighted by molar-refractivity contribution is 7.99. The van der Waals surface area contributed by atoms with Gasteiger partial charge in [0.25, 0.3) is 5.22 Å². The minimum absolute atomic E-state index is 0.197. The van der Waals surface area contributed by atoms with E-state index >= 15 is 0 Å². The fraction of sp³-hybridized carbons (Fsp3) is 0.800. The van der Waals surface area contributed by atoms with Crippen molar-refractivity contribution in [2.75, 3.05) is 38.6 Å². The Labute approximate surface area is 159 Å². The summed E-state index contributed by atoms with van der Waals surface area (Å²) in [5.41, 5.74) is 0.197. The smallest absolute Gasteiger partial charge is 0.277 e. The molecule has 1 saturated heterocycles. The summed E-state index contributed by atoms with van der Waals surface area (Å²) in [7, 11) is 0. The SMILES string of the molecule is C(#CCN1CCOCC1)CSc1nnc(C23CC4CC(CC(C4)C2)C3)o1. The monoisotopic (exact) mass is 373 g/mol. The van der Waals surface area contributed by atoms with Crippen LogP contribution in [-0.2, 0) is 10.2 Å². The van der Waals surface area contributed by atoms with Gasteiger partial charge in [0.2, 0.25) is 5.89 Å². The largest absolute Gasteiger partial charge is 0.415 e. The second-order valence-corrected chi connectivity index (χ2v) is 9.53. The first-order valence-corrected chi connectivity index (χ1v) is 11.0. The molecule has 2 heterocycles. The van der Waals surface area contributed by atoms with Crippen LogP contribution < -0.4 is 0 Å². The normalized spacial score (nSPS) is 36.1. The minimum Gasteiger partial charge on any atom is -0.415 e. The summed E-state index contributed by atoms with van der Waals surface area (Å²) in [6.45, 7) is 4.45. The lowest BCUT2D eigenvalue weighted by Gasteiger charge is -2.55. The Morgan fingerprint density at radius 1 is 1.00 bits per heavy atom. The van der Waals surface area contributed by atoms with Crippen LogP contribution in [0.2, 0.25) is 0 Å². The van der Waals surface area contributed by atoms with Crippen molar-refractivity contribution >= 4 is 11.8 Å². The van der Waals surface area contributed by atoms with Crippen molar-refractivity contribution in [3.63, 3.8) is 0 Å². The summed E-state index contributed by atoms with van der Waals surface area (Å²) < 4.78 is 11.5. The Balaban J connectivity index is 1.16. The summed E-state index contributed by atoms with van der Waals surface area (Å²) >= 11 is 1.57. The van der Waals surface area contributed by atoms with E-state index in [2.05, 4.69) is 26.9 Å². The Hall–Kier alpha value is -1.03. The molecule has 4 aliphatic carbocycles. The van der Waals surface area contributed by atoms with E-state index in [1.54, 1.807) is 11.8 Å². The molecule has 1 aromatic heterocycles. The van der Waals surface area contributed by atoms with Gasteiger partial charge < -0.3 is 9.15 Å². The third kappa shape index (κ3) is 3.42. The molecule has 1 aromatic rings. The second kappa shape index (κ2) is 7.18. The molecule has 5 nitrogen and oxygen atoms in total. The van der Waals surface area contributed by atoms with Crippen LogP contribution in [0.15, 0.2) is 9.64 Å². The van der Waals surface area contributed by atoms with E-state index in [1.807, 2.05) is 0 Å². The van der Waals surface area contributed by atoms with Crippen LogP contribution in [0.3, 0.4) is 0 Å². The predicted molar refractivity (Wildman–Crippen MR) is 99.9 cm³/mol. The molecule has 0 atom stereocenters. The maximum Gasteiger partial charge on any atom is 0.277 e. The van der Waals surface area contributed by atoms with Crippen LogP contribution in [0.5, 0.6) is 0 Å². The first-order chi connectivity index (χ1) is 12.8. The molecule has 0 N–H and O–H groups in total. The minimum atomic E-state index is 0.197. The highest BCUT2D eigenvalue weighted by atomic mass is 32.2. The maximum absolute atomic E-state index is 6.11. The van der Waals surface area contributed by atoms with Gasteiger partial charge in [-0.25, -0.2) is 0 Å². The average molecular weight is 374 g/mol. The molecule has 26 heavy (non-hydrogen) atoms. The second-order valence-electron chi connectivity index (χ2n) is 8.60. The van der Waals surface area contributed by atoms with E-state index in [0.717, 1.165) is 56.5 Å². The maximum atomic E-state index is 6.11. The lowest BCUT2D eigenvalue weighted by molar-refractivity contribution is -0.0191. The van der Waals surface area contributed by atoms with Crippen LogP contribution in [0.25, 0.3) is 0 Å². The van der Waals surface area contributed by atoms with Crippen molar-refractivity contribution in [2.24, 2.45) is 17.8 Å². The fourth-order valence-corrected chi connectivity index (χ4v) is 6.46. The molecule has 0 unspecified atom stereocenters. The van der Waals surface area contributed by atoms with Crippen molar-refractivity contribution < 1.29 is 9.15 Å². The van der Waals surface area contributed by atoms with Gasteiger partial charge in [-0.1, -0.05) is 23.6 Å². The number of ether oxygens (including phenoxy) is 1. The highest BCUT2D eigenvalue weighted by Gasteiger charge is 2.54. The number of rotatable bonds is 4. The molecular weight excluding hydrogens is 346 g/mol. The van der Waals surface area contributed by atoms with Crippen molar-refractivity contribution in [1.82, 2.24) is 15.1 Å². The Bertz CT molecular complexity index is 666. The molecule has 4 bridgehead atoms. The number of nitrogens with zero attached hydrogens (tertiary/aromatic N) is 3. The third-order valence-electron chi connectivity index (χ3n) is 6.70. The first-order valence-electron chi connectivity index (χ1n) is 10.0. The van der Waals surface area contributed by atoms with Gasteiger partial charge in [-0.3, -0.25) is 4.90 Å². The van der Waals surface area contributed by atoms with Gasteiger partial charge in [-0.15, -0.1) is 10.2 Å². The van der Waals surface area contributed by atoms with E-state index in [4.69, 9.17) is 9.15 Å². The van der Waals surface area contributed by atoms with Gasteiger partial charge in [0.15, 0.2) is 0 Å². The lowest BCUT2D eigenvalue weighted by atomic mass is 9.49. The number of hydrogen-bond acceptors (Lipinski definition) is 6. The van der Waals surface area contributed by atoms with Gasteiger partial charge in [-0.2, -0.15) is 0 Å². The molecule has 5 aliphatic rings. The van der Waals surface area contributed by atoms with E-state index in [9.17, 15) is 0 Å². The molecule has 5 fully saturated rings. The van der Waals surface area contributed by atoms with Crippen LogP contribution in [0.1, 0.15) is 44.4 Å². The van der Waals surface area contributed by atoms with Crippen molar-refractivity contribution in [3.8, 4) is 11.8 Å². The van der Waals surface area contributed by atoms with Crippen LogP contribution in [0.4, 0.5) is 0 Å². The molecule has 6 rings (SSSR count). The zero-order chi connectivity index (χ0) is 17.4. The van der Waals surface area contributed by atoms with Gasteiger partial charge in [0.05, 0.1) is 25.5 Å². The van der Waals surface area contributed by atoms with Crippen LogP contribution in [0, 0.1) is 29.6 Å². The third-order valence-corrected chi connectivity index (χ3v) is 7.40. The molecule has 1 aliphatic heterocycles. The molecule has 0 radical (unpaired) electrons. The summed E-state index contributed by atoms with van der Waals surface area (Å²) in [6, 6.07) is 0. The van der Waals surface area contributed by atoms with Crippen molar-refractivity contribution in [2.45, 2.75) is 49.2 Å². The summed E-state index contributed by atoms with van der Waals surface area (Å²) in [5, 5.41) is 9.47. The van der Waals surface area contributed by atoms with E-state index < -0.39 is 0 Å². The molecule has 140 valence electrons. The van der Waals surface area contributed by atoms with Crippen LogP contribution >= 0.6 is 11.8 Å². The molecule has 4 saturated carbocycles. The van der Waals surface area contributed by atoms with Gasteiger partial charge in [0.1, 0.15) is 0 Å². The Kier molecular flexibility index (Phi) is 4.72. The summed E-state index contributed by atoms with van der Waals surface area (Å²) in [4.78, 5) is 2.33. The first kappa shape index (κ1) is 17.1. The standard InChI is InChI=1S/C20H27N3O2S/c1(3-23-4-6-24-7-5-23)2-8-26-19-22-21-18(25-19)20-12-15-9-16(13-20)11-17(10-15)14-20/h15-17H,3-14H2. The molecule has 6 heteroatoms. The number of aromatic nitrogens is 2. The molecule has 0 amide bonds. The fourth-order valence-electron chi connectivity index (χ4n) is 5.93. The molecular formula is C20H27N3O2S. The van der Waals surface area contributed by atoms with Crippen molar-refractivity contribution in [1.29, 1.82) is 0 Å². The van der Waals surface area contributed by atoms with Crippen molar-refractivity contribution in [3.05, 3.63) is 5.89 Å². The Morgan fingerprint density at radius 2 is 1.69 bits per heavy atom. The van der Waals surface area contributed by atoms with Gasteiger partial charge in [0, 0.05) is 18.5 Å².